The van der Waals surface area contributed by atoms with Crippen molar-refractivity contribution in [1.82, 2.24) is 36.8 Å². The van der Waals surface area contributed by atoms with Crippen LogP contribution in [0, 0.1) is 16.2 Å². The fourth-order valence-corrected chi connectivity index (χ4v) is 17.0. The number of carbonyl (C=O) groups is 9. The third-order valence-electron chi connectivity index (χ3n) is 20.8. The summed E-state index contributed by atoms with van der Waals surface area (Å²) in [5.41, 5.74) is 11.0. The normalized spacial score (nSPS) is 31.3. The Morgan fingerprint density at radius 1 is 0.411 bits per heavy atom. The summed E-state index contributed by atoms with van der Waals surface area (Å²) in [6.45, 7) is 21.0. The molecule has 0 aliphatic carbocycles. The molecular weight excluding hydrogens is 1160 g/mol. The molecule has 8 N–H and O–H groups in total. The van der Waals surface area contributed by atoms with Gasteiger partial charge in [0.15, 0.2) is 16.2 Å². The molecule has 26 nitrogen and oxygen atoms in total. The number of nitrogens with zero attached hydrogens (tertiary/aromatic N) is 7. The molecule has 0 radical (unpaired) electrons. The molecule has 26 heteroatoms. The minimum absolute atomic E-state index is 0.0288. The van der Waals surface area contributed by atoms with Crippen molar-refractivity contribution in [2.24, 2.45) is 22.0 Å². The van der Waals surface area contributed by atoms with E-state index in [0.717, 1.165) is 110 Å². The van der Waals surface area contributed by atoms with Gasteiger partial charge in [-0.25, -0.2) is 14.4 Å². The van der Waals surface area contributed by atoms with Crippen LogP contribution in [0.25, 0.3) is 0 Å². The van der Waals surface area contributed by atoms with Crippen LogP contribution >= 0.6 is 0 Å². The number of benzene rings is 3. The fraction of sp³-hybridized carbons (Fsp3) is 0.578. The highest BCUT2D eigenvalue weighted by Crippen LogP contribution is 2.51. The number of nitrogens with one attached hydrogen (secondary N) is 6. The molecule has 9 saturated heterocycles. The highest BCUT2D eigenvalue weighted by atomic mass is 16.5. The van der Waals surface area contributed by atoms with E-state index in [4.69, 9.17) is 19.9 Å². The van der Waals surface area contributed by atoms with Gasteiger partial charge >= 0.3 is 18.1 Å². The second-order valence-corrected chi connectivity index (χ2v) is 26.8. The zero-order valence-corrected chi connectivity index (χ0v) is 52.1. The first-order chi connectivity index (χ1) is 43.0. The third kappa shape index (κ3) is 10.2. The van der Waals surface area contributed by atoms with Crippen molar-refractivity contribution in [2.45, 2.75) is 141 Å². The van der Waals surface area contributed by atoms with E-state index in [2.05, 4.69) is 128 Å². The number of hydrogen-bond acceptors (Lipinski definition) is 20. The first-order valence-corrected chi connectivity index (χ1v) is 31.8. The topological polar surface area (TPSA) is 302 Å². The number of barbiturate groups is 3. The zero-order valence-electron chi connectivity index (χ0n) is 52.1. The van der Waals surface area contributed by atoms with Crippen molar-refractivity contribution < 1.29 is 57.4 Å². The molecule has 0 aromatic heterocycles. The minimum Gasteiger partial charge on any atom is -0.372 e. The van der Waals surface area contributed by atoms with Gasteiger partial charge in [0, 0.05) is 112 Å². The van der Waals surface area contributed by atoms with Crippen LogP contribution in [0.5, 0.6) is 0 Å². The van der Waals surface area contributed by atoms with Crippen molar-refractivity contribution in [3.05, 3.63) is 71.3 Å². The Hall–Kier alpha value is -7.91. The maximum absolute atomic E-state index is 13.2. The second kappa shape index (κ2) is 23.1. The number of morpholine rings is 3. The number of carbonyl (C=O) groups excluding carboxylic acids is 9. The Labute approximate surface area is 522 Å². The third-order valence-corrected chi connectivity index (χ3v) is 20.8. The lowest BCUT2D eigenvalue weighted by Crippen LogP contribution is -2.75. The van der Waals surface area contributed by atoms with Crippen molar-refractivity contribution in [2.75, 3.05) is 108 Å². The van der Waals surface area contributed by atoms with Gasteiger partial charge in [0.1, 0.15) is 0 Å². The molecule has 10 atom stereocenters. The molecule has 12 aliphatic rings. The second-order valence-electron chi connectivity index (χ2n) is 26.8. The lowest BCUT2D eigenvalue weighted by molar-refractivity contribution is -0.154. The van der Waals surface area contributed by atoms with Crippen molar-refractivity contribution in [3.63, 3.8) is 0 Å². The lowest BCUT2D eigenvalue weighted by atomic mass is 9.66. The first kappa shape index (κ1) is 61.0. The Kier molecular flexibility index (Phi) is 15.6. The van der Waals surface area contributed by atoms with Crippen LogP contribution in [0.3, 0.4) is 0 Å². The van der Waals surface area contributed by atoms with E-state index in [1.165, 1.54) is 12.8 Å². The number of ether oxygens (including phenoxy) is 3. The van der Waals surface area contributed by atoms with Crippen LogP contribution < -0.4 is 67.0 Å². The molecule has 12 amide bonds. The highest BCUT2D eigenvalue weighted by Gasteiger charge is 2.66. The summed E-state index contributed by atoms with van der Waals surface area (Å²) in [5, 5.41) is 14.0. The summed E-state index contributed by atoms with van der Waals surface area (Å²) >= 11 is 0. The lowest BCUT2D eigenvalue weighted by Gasteiger charge is -2.55. The van der Waals surface area contributed by atoms with Crippen LogP contribution in [0.15, 0.2) is 54.6 Å². The molecule has 12 aliphatic heterocycles. The van der Waals surface area contributed by atoms with Gasteiger partial charge in [-0.2, -0.15) is 0 Å². The smallest absolute Gasteiger partial charge is 0.328 e. The van der Waals surface area contributed by atoms with E-state index in [9.17, 15) is 43.2 Å². The van der Waals surface area contributed by atoms with Crippen molar-refractivity contribution in [1.29, 1.82) is 0 Å². The van der Waals surface area contributed by atoms with Crippen molar-refractivity contribution >= 4 is 87.7 Å². The van der Waals surface area contributed by atoms with Gasteiger partial charge in [0.2, 0.25) is 35.4 Å². The SMILES string of the molecule is C[C@@H]1CN2c3ccc(N4CCCC4)cc3CC3(C(=O)NC(=O)NC3=O)[C@H]2[C@H](C)O1.C[C@@H]1CN2c3ccc(N4CCN(C)CC4)cc3CC3(C(=O)NC(=O)NC3=O)[C@H]2[C@H](C)O1.C[C@@H]1CN2c3ccc(N4CC[C@H](N)C4)cc3CC3(C(=O)NC(=O)NC3=O)[C@H]2[C@H](C)O1. The van der Waals surface area contributed by atoms with E-state index in [1.54, 1.807) is 0 Å². The van der Waals surface area contributed by atoms with E-state index >= 15 is 0 Å². The summed E-state index contributed by atoms with van der Waals surface area (Å²) in [7, 11) is 2.12. The Bertz CT molecular complexity index is 3420. The molecule has 15 rings (SSSR count). The van der Waals surface area contributed by atoms with Gasteiger partial charge in [-0.05, 0) is 158 Å². The summed E-state index contributed by atoms with van der Waals surface area (Å²) in [4.78, 5) is 130. The quantitative estimate of drug-likeness (QED) is 0.183. The molecule has 3 spiro atoms. The molecule has 90 heavy (non-hydrogen) atoms. The van der Waals surface area contributed by atoms with Crippen LogP contribution in [-0.2, 0) is 62.2 Å². The minimum atomic E-state index is -1.43. The number of hydrogen-bond donors (Lipinski definition) is 7. The molecule has 12 heterocycles. The molecule has 0 bridgehead atoms. The zero-order chi connectivity index (χ0) is 63.5. The number of urea groups is 3. The molecule has 3 aromatic carbocycles. The van der Waals surface area contributed by atoms with E-state index in [0.29, 0.717) is 19.6 Å². The first-order valence-electron chi connectivity index (χ1n) is 31.8. The van der Waals surface area contributed by atoms with Crippen LogP contribution in [0.2, 0.25) is 0 Å². The van der Waals surface area contributed by atoms with Gasteiger partial charge in [-0.1, -0.05) is 0 Å². The molecule has 480 valence electrons. The van der Waals surface area contributed by atoms with Gasteiger partial charge in [0.05, 0.1) is 54.7 Å². The number of amides is 12. The van der Waals surface area contributed by atoms with E-state index < -0.39 is 87.9 Å². The predicted octanol–water partition coefficient (Wildman–Crippen LogP) is 1.62. The van der Waals surface area contributed by atoms with Crippen LogP contribution in [0.4, 0.5) is 48.5 Å². The summed E-state index contributed by atoms with van der Waals surface area (Å²) in [6.07, 6.45) is 2.82. The monoisotopic (exact) mass is 1240 g/mol. The Morgan fingerprint density at radius 3 is 1.03 bits per heavy atom. The predicted molar refractivity (Wildman–Crippen MR) is 332 cm³/mol. The summed E-state index contributed by atoms with van der Waals surface area (Å²) < 4.78 is 18.1. The number of piperazine rings is 1. The maximum atomic E-state index is 13.2. The molecular formula is C64H82N14O12. The number of rotatable bonds is 3. The standard InChI is InChI=1S/C22H29N5O4.C21H27N5O4.C21H26N4O4/c1-13-12-27-17-5-4-16(26-8-6-25(3)7-9-26)10-15(17)11-22(18(27)14(2)31-13)19(28)23-21(30)24-20(22)29;1-11-9-26-16-4-3-15(25-6-5-14(22)10-25)7-13(16)8-21(17(26)12(2)30-11)18(27)23-20(29)24-19(21)28;1-12-11-25-16-6-5-15(24-7-3-4-8-24)9-14(16)10-21(17(25)13(2)29-12)18(26)22-20(28)23-19(21)27/h4-5,10,13-14,18H,6-9,11-12H2,1-3H3,(H2,23,24,28,29,30);3-4,7,11-12,14,17H,5-6,8-10,22H2,1-2H3,(H2,23,24,27,28,29);5-6,9,12-13,17H,3-4,7-8,10-11H2,1-2H3,(H2,22,23,26,27,28)/t13-,14+,18-;11-,12+,14+,17-;12-,13+,17-/m111/s1. The van der Waals surface area contributed by atoms with Crippen LogP contribution in [-0.4, -0.2) is 198 Å². The molecule has 9 fully saturated rings. The molecule has 0 unspecified atom stereocenters. The van der Waals surface area contributed by atoms with Gasteiger partial charge in [-0.3, -0.25) is 60.7 Å². The number of likely N-dealkylation sites (N-methyl/N-ethyl adjacent to an activating group) is 1. The van der Waals surface area contributed by atoms with Gasteiger partial charge in [0.25, 0.3) is 0 Å². The molecule has 3 aromatic rings. The van der Waals surface area contributed by atoms with Crippen molar-refractivity contribution in [3.8, 4) is 0 Å². The summed E-state index contributed by atoms with van der Waals surface area (Å²) in [5.74, 6) is -3.29. The largest absolute Gasteiger partial charge is 0.372 e. The average molecular weight is 1240 g/mol. The highest BCUT2D eigenvalue weighted by molar-refractivity contribution is 6.22. The van der Waals surface area contributed by atoms with E-state index in [-0.39, 0.29) is 61.9 Å². The fourth-order valence-electron chi connectivity index (χ4n) is 17.0. The molecule has 0 saturated carbocycles. The van der Waals surface area contributed by atoms with Gasteiger partial charge in [-0.15, -0.1) is 0 Å². The number of anilines is 6. The van der Waals surface area contributed by atoms with Gasteiger partial charge < -0.3 is 54.2 Å². The Morgan fingerprint density at radius 2 is 0.722 bits per heavy atom. The Balaban J connectivity index is 0.000000124. The number of nitrogens with two attached hydrogens (primary N) is 1. The number of imide groups is 6. The van der Waals surface area contributed by atoms with Crippen LogP contribution in [0.1, 0.15) is 77.5 Å². The average Bonchev–Trinajstić information content (AvgIpc) is 1.14. The van der Waals surface area contributed by atoms with E-state index in [1.807, 2.05) is 41.5 Å². The summed E-state index contributed by atoms with van der Waals surface area (Å²) in [6, 6.07) is 15.3. The maximum Gasteiger partial charge on any atom is 0.328 e. The number of fused-ring (bicyclic) bond motifs is 12.